The maximum absolute atomic E-state index is 13.8. The SMILES string of the molecule is C=C1c2nc3cc(CF)c(C)c(CCC)c3c(C)c2CN1C(=O)/C(COC(C)O)=C(\C)[C@H](C)CC. The summed E-state index contributed by atoms with van der Waals surface area (Å²) in [7, 11) is 0. The summed E-state index contributed by atoms with van der Waals surface area (Å²) in [5, 5.41) is 10.7. The molecule has 1 aromatic heterocycles. The highest BCUT2D eigenvalue weighted by Crippen LogP contribution is 2.39. The zero-order valence-electron chi connectivity index (χ0n) is 22.2. The van der Waals surface area contributed by atoms with Crippen LogP contribution in [-0.2, 0) is 29.2 Å². The van der Waals surface area contributed by atoms with Crippen molar-refractivity contribution in [1.82, 2.24) is 9.88 Å². The number of pyridine rings is 1. The highest BCUT2D eigenvalue weighted by molar-refractivity contribution is 6.02. The van der Waals surface area contributed by atoms with E-state index in [9.17, 15) is 14.3 Å². The molecule has 35 heavy (non-hydrogen) atoms. The van der Waals surface area contributed by atoms with Crippen LogP contribution in [0.1, 0.15) is 81.0 Å². The van der Waals surface area contributed by atoms with Gasteiger partial charge in [0.2, 0.25) is 0 Å². The van der Waals surface area contributed by atoms with Gasteiger partial charge >= 0.3 is 0 Å². The summed E-state index contributed by atoms with van der Waals surface area (Å²) in [4.78, 5) is 20.4. The van der Waals surface area contributed by atoms with Crippen molar-refractivity contribution in [3.63, 3.8) is 0 Å². The number of nitrogens with zero attached hydrogens (tertiary/aromatic N) is 2. The van der Waals surface area contributed by atoms with Gasteiger partial charge in [-0.1, -0.05) is 39.3 Å². The number of allylic oxidation sites excluding steroid dienone is 1. The van der Waals surface area contributed by atoms with E-state index in [-0.39, 0.29) is 18.4 Å². The van der Waals surface area contributed by atoms with Gasteiger partial charge in [-0.3, -0.25) is 4.79 Å². The molecule has 3 rings (SSSR count). The third-order valence-electron chi connectivity index (χ3n) is 7.51. The van der Waals surface area contributed by atoms with Gasteiger partial charge in [0.25, 0.3) is 5.91 Å². The molecule has 1 aliphatic rings. The van der Waals surface area contributed by atoms with Gasteiger partial charge in [-0.2, -0.15) is 0 Å². The molecule has 1 aliphatic heterocycles. The monoisotopic (exact) mass is 482 g/mol. The number of carbonyl (C=O) groups is 1. The van der Waals surface area contributed by atoms with Crippen LogP contribution in [0.2, 0.25) is 0 Å². The lowest BCUT2D eigenvalue weighted by molar-refractivity contribution is -0.126. The average molecular weight is 483 g/mol. The molecule has 0 spiro atoms. The predicted molar refractivity (Wildman–Crippen MR) is 139 cm³/mol. The van der Waals surface area contributed by atoms with Gasteiger partial charge in [0, 0.05) is 16.5 Å². The van der Waals surface area contributed by atoms with Crippen molar-refractivity contribution in [1.29, 1.82) is 0 Å². The Morgan fingerprint density at radius 1 is 1.29 bits per heavy atom. The number of rotatable bonds is 9. The molecule has 1 unspecified atom stereocenters. The molecule has 0 radical (unpaired) electrons. The lowest BCUT2D eigenvalue weighted by Gasteiger charge is -2.23. The molecule has 2 aromatic rings. The van der Waals surface area contributed by atoms with E-state index in [1.807, 2.05) is 19.9 Å². The quantitative estimate of drug-likeness (QED) is 0.336. The van der Waals surface area contributed by atoms with Gasteiger partial charge in [0.1, 0.15) is 6.67 Å². The summed E-state index contributed by atoms with van der Waals surface area (Å²) in [5.41, 5.74) is 8.32. The number of ether oxygens (including phenoxy) is 1. The molecule has 0 aliphatic carbocycles. The first-order valence-corrected chi connectivity index (χ1v) is 12.6. The maximum Gasteiger partial charge on any atom is 0.256 e. The minimum Gasteiger partial charge on any atom is -0.368 e. The molecule has 190 valence electrons. The van der Waals surface area contributed by atoms with E-state index in [0.29, 0.717) is 29.1 Å². The molecule has 2 atom stereocenters. The Labute approximate surface area is 208 Å². The number of benzene rings is 1. The number of carbonyl (C=O) groups excluding carboxylic acids is 1. The minimum atomic E-state index is -0.972. The summed E-state index contributed by atoms with van der Waals surface area (Å²) in [5.74, 6) is 0.0234. The van der Waals surface area contributed by atoms with Crippen molar-refractivity contribution in [2.75, 3.05) is 6.61 Å². The summed E-state index contributed by atoms with van der Waals surface area (Å²) >= 11 is 0. The molecule has 2 heterocycles. The smallest absolute Gasteiger partial charge is 0.256 e. The number of amides is 1. The van der Waals surface area contributed by atoms with Crippen LogP contribution in [0.4, 0.5) is 4.39 Å². The van der Waals surface area contributed by atoms with Crippen molar-refractivity contribution in [3.8, 4) is 0 Å². The van der Waals surface area contributed by atoms with E-state index in [1.165, 1.54) is 6.92 Å². The fourth-order valence-electron chi connectivity index (χ4n) is 4.93. The van der Waals surface area contributed by atoms with Crippen LogP contribution in [0.5, 0.6) is 0 Å². The fraction of sp³-hybridized carbons (Fsp3) is 0.517. The highest BCUT2D eigenvalue weighted by Gasteiger charge is 2.34. The Morgan fingerprint density at radius 2 is 1.97 bits per heavy atom. The summed E-state index contributed by atoms with van der Waals surface area (Å²) in [6, 6.07) is 1.84. The molecule has 1 amide bonds. The molecular weight excluding hydrogens is 443 g/mol. The fourth-order valence-corrected chi connectivity index (χ4v) is 4.93. The molecular formula is C29H39FN2O3. The van der Waals surface area contributed by atoms with Crippen LogP contribution >= 0.6 is 0 Å². The van der Waals surface area contributed by atoms with Crippen LogP contribution in [-0.4, -0.2) is 33.8 Å². The van der Waals surface area contributed by atoms with E-state index >= 15 is 0 Å². The number of halogens is 1. The number of aromatic nitrogens is 1. The Hall–Kier alpha value is -2.57. The van der Waals surface area contributed by atoms with Crippen molar-refractivity contribution in [2.24, 2.45) is 5.92 Å². The molecule has 1 aromatic carbocycles. The third kappa shape index (κ3) is 5.05. The van der Waals surface area contributed by atoms with Crippen LogP contribution in [0.25, 0.3) is 16.6 Å². The van der Waals surface area contributed by atoms with Crippen molar-refractivity contribution in [2.45, 2.75) is 87.2 Å². The van der Waals surface area contributed by atoms with Crippen molar-refractivity contribution >= 4 is 22.5 Å². The molecule has 6 heteroatoms. The molecule has 0 fully saturated rings. The van der Waals surface area contributed by atoms with E-state index in [1.54, 1.807) is 4.90 Å². The lowest BCUT2D eigenvalue weighted by Crippen LogP contribution is -2.30. The summed E-state index contributed by atoms with van der Waals surface area (Å²) < 4.78 is 19.3. The molecule has 1 N–H and O–H groups in total. The van der Waals surface area contributed by atoms with Gasteiger partial charge in [-0.15, -0.1) is 0 Å². The molecule has 5 nitrogen and oxygen atoms in total. The first kappa shape index (κ1) is 27.0. The number of fused-ring (bicyclic) bond motifs is 2. The van der Waals surface area contributed by atoms with Gasteiger partial charge in [-0.05, 0) is 74.8 Å². The second-order valence-corrected chi connectivity index (χ2v) is 9.70. The maximum atomic E-state index is 13.8. The first-order chi connectivity index (χ1) is 16.6. The van der Waals surface area contributed by atoms with Gasteiger partial charge in [-0.25, -0.2) is 9.37 Å². The van der Waals surface area contributed by atoms with E-state index in [4.69, 9.17) is 9.72 Å². The van der Waals surface area contributed by atoms with Crippen molar-refractivity contribution < 1.29 is 19.0 Å². The summed E-state index contributed by atoms with van der Waals surface area (Å²) in [6.45, 7) is 17.9. The van der Waals surface area contributed by atoms with Gasteiger partial charge in [0.05, 0.1) is 30.1 Å². The zero-order valence-corrected chi connectivity index (χ0v) is 22.2. The number of alkyl halides is 1. The van der Waals surface area contributed by atoms with Crippen molar-refractivity contribution in [3.05, 3.63) is 57.3 Å². The Morgan fingerprint density at radius 3 is 2.54 bits per heavy atom. The summed E-state index contributed by atoms with van der Waals surface area (Å²) in [6.07, 6.45) is 1.71. The number of hydrogen-bond donors (Lipinski definition) is 1. The van der Waals surface area contributed by atoms with E-state index in [0.717, 1.165) is 58.0 Å². The Bertz CT molecular complexity index is 1180. The topological polar surface area (TPSA) is 62.7 Å². The van der Waals surface area contributed by atoms with E-state index in [2.05, 4.69) is 34.3 Å². The second-order valence-electron chi connectivity index (χ2n) is 9.70. The predicted octanol–water partition coefficient (Wildman–Crippen LogP) is 6.30. The largest absolute Gasteiger partial charge is 0.368 e. The van der Waals surface area contributed by atoms with E-state index < -0.39 is 13.0 Å². The van der Waals surface area contributed by atoms with Crippen LogP contribution in [0.3, 0.4) is 0 Å². The van der Waals surface area contributed by atoms with Crippen LogP contribution < -0.4 is 0 Å². The standard InChI is InChI=1S/C29H39FN2O3/c1-9-11-23-18(5)22(13-30)12-26-27(23)19(6)24-14-32(20(7)28(24)31-26)29(34)25(15-35-21(8)33)17(4)16(3)10-2/h12,16,21,33H,7,9-11,13-15H2,1-6,8H3/b25-17+/t16-,21?/m1/s1. The Balaban J connectivity index is 2.12. The van der Waals surface area contributed by atoms with Gasteiger partial charge in [0.15, 0.2) is 6.29 Å². The highest BCUT2D eigenvalue weighted by atomic mass is 19.1. The molecule has 0 bridgehead atoms. The number of hydrogen-bond acceptors (Lipinski definition) is 4. The molecule has 0 saturated heterocycles. The number of aliphatic hydroxyl groups excluding tert-OH is 1. The van der Waals surface area contributed by atoms with Crippen LogP contribution in [0.15, 0.2) is 23.8 Å². The number of aliphatic hydroxyl groups is 1. The third-order valence-corrected chi connectivity index (χ3v) is 7.51. The molecule has 0 saturated carbocycles. The van der Waals surface area contributed by atoms with Crippen LogP contribution in [0, 0.1) is 19.8 Å². The Kier molecular flexibility index (Phi) is 8.50. The normalized spacial score (nSPS) is 15.9. The lowest BCUT2D eigenvalue weighted by atomic mass is 9.90. The second kappa shape index (κ2) is 11.0. The minimum absolute atomic E-state index is 0.0287. The number of aryl methyl sites for hydroxylation is 2. The average Bonchev–Trinajstić information content (AvgIpc) is 3.16. The first-order valence-electron chi connectivity index (χ1n) is 12.6. The van der Waals surface area contributed by atoms with Gasteiger partial charge < -0.3 is 14.7 Å². The zero-order chi connectivity index (χ0) is 26.0.